The minimum Gasteiger partial charge on any atom is -0.444 e. The summed E-state index contributed by atoms with van der Waals surface area (Å²) in [4.78, 5) is 21.1. The summed E-state index contributed by atoms with van der Waals surface area (Å²) in [5, 5.41) is 0. The van der Waals surface area contributed by atoms with Gasteiger partial charge in [-0.3, -0.25) is 4.90 Å². The van der Waals surface area contributed by atoms with Gasteiger partial charge in [-0.15, -0.1) is 0 Å². The lowest BCUT2D eigenvalue weighted by molar-refractivity contribution is -0.141. The molecule has 26 heavy (non-hydrogen) atoms. The second-order valence-electron chi connectivity index (χ2n) is 7.69. The number of carbonyl (C=O) groups is 1. The highest BCUT2D eigenvalue weighted by Crippen LogP contribution is 2.47. The maximum atomic E-state index is 12.5. The zero-order chi connectivity index (χ0) is 19.1. The molecule has 0 N–H and O–H groups in total. The van der Waals surface area contributed by atoms with E-state index in [0.29, 0.717) is 24.6 Å². The first kappa shape index (κ1) is 18.5. The van der Waals surface area contributed by atoms with Crippen LogP contribution >= 0.6 is 0 Å². The molecule has 0 aromatic carbocycles. The quantitative estimate of drug-likeness (QED) is 0.659. The summed E-state index contributed by atoms with van der Waals surface area (Å²) in [6.45, 7) is 5.99. The van der Waals surface area contributed by atoms with Crippen molar-refractivity contribution in [2.24, 2.45) is 11.8 Å². The average molecular weight is 367 g/mol. The molecule has 0 radical (unpaired) electrons. The third-order valence-electron chi connectivity index (χ3n) is 4.34. The second kappa shape index (κ2) is 6.45. The van der Waals surface area contributed by atoms with Crippen molar-refractivity contribution in [2.45, 2.75) is 51.4 Å². The number of nitrogens with zero attached hydrogens (tertiary/aromatic N) is 3. The lowest BCUT2D eigenvalue weighted by Gasteiger charge is -2.33. The third-order valence-corrected chi connectivity index (χ3v) is 4.34. The zero-order valence-electron chi connectivity index (χ0n) is 14.8. The SMILES string of the molecule is CC(C)(C)OC(=O)N1CC2CC2CC1C#Cc1cnc(C(F)(F)F)cn1. The van der Waals surface area contributed by atoms with Crippen LogP contribution in [0.1, 0.15) is 45.0 Å². The molecule has 1 saturated heterocycles. The van der Waals surface area contributed by atoms with Crippen LogP contribution in [-0.2, 0) is 10.9 Å². The molecule has 2 aliphatic rings. The van der Waals surface area contributed by atoms with Gasteiger partial charge in [-0.25, -0.2) is 14.8 Å². The number of alkyl halides is 3. The topological polar surface area (TPSA) is 55.3 Å². The van der Waals surface area contributed by atoms with Gasteiger partial charge in [0.2, 0.25) is 0 Å². The summed E-state index contributed by atoms with van der Waals surface area (Å²) in [6, 6.07) is -0.335. The number of amides is 1. The smallest absolute Gasteiger partial charge is 0.434 e. The third kappa shape index (κ3) is 4.45. The fourth-order valence-corrected chi connectivity index (χ4v) is 2.97. The Morgan fingerprint density at radius 1 is 1.19 bits per heavy atom. The molecule has 2 fully saturated rings. The predicted octanol–water partition coefficient (Wildman–Crippen LogP) is 3.49. The van der Waals surface area contributed by atoms with Gasteiger partial charge in [0.1, 0.15) is 11.3 Å². The molecule has 0 spiro atoms. The molecule has 0 bridgehead atoms. The summed E-state index contributed by atoms with van der Waals surface area (Å²) in [7, 11) is 0. The van der Waals surface area contributed by atoms with Crippen molar-refractivity contribution in [3.05, 3.63) is 23.8 Å². The number of halogens is 3. The Kier molecular flexibility index (Phi) is 4.59. The number of hydrogen-bond donors (Lipinski definition) is 0. The van der Waals surface area contributed by atoms with Gasteiger partial charge in [-0.1, -0.05) is 5.92 Å². The summed E-state index contributed by atoms with van der Waals surface area (Å²) < 4.78 is 43.0. The first-order valence-electron chi connectivity index (χ1n) is 8.43. The number of fused-ring (bicyclic) bond motifs is 1. The maximum absolute atomic E-state index is 12.5. The Morgan fingerprint density at radius 3 is 2.50 bits per heavy atom. The van der Waals surface area contributed by atoms with Crippen LogP contribution in [0.15, 0.2) is 12.4 Å². The summed E-state index contributed by atoms with van der Waals surface area (Å²) in [5.41, 5.74) is -1.52. The number of carbonyl (C=O) groups excluding carboxylic acids is 1. The first-order chi connectivity index (χ1) is 12.0. The summed E-state index contributed by atoms with van der Waals surface area (Å²) >= 11 is 0. The van der Waals surface area contributed by atoms with Crippen molar-refractivity contribution in [2.75, 3.05) is 6.54 Å². The number of piperidine rings is 1. The molecule has 3 rings (SSSR count). The Morgan fingerprint density at radius 2 is 1.92 bits per heavy atom. The van der Waals surface area contributed by atoms with Gasteiger partial charge in [-0.05, 0) is 51.4 Å². The fraction of sp³-hybridized carbons (Fsp3) is 0.611. The molecule has 1 saturated carbocycles. The zero-order valence-corrected chi connectivity index (χ0v) is 14.8. The van der Waals surface area contributed by atoms with E-state index in [0.717, 1.165) is 19.0 Å². The van der Waals surface area contributed by atoms with Crippen molar-refractivity contribution in [1.82, 2.24) is 14.9 Å². The lowest BCUT2D eigenvalue weighted by atomic mass is 10.0. The summed E-state index contributed by atoms with van der Waals surface area (Å²) in [6.07, 6.45) is -1.48. The van der Waals surface area contributed by atoms with Crippen molar-refractivity contribution in [1.29, 1.82) is 0 Å². The monoisotopic (exact) mass is 367 g/mol. The molecule has 1 amide bonds. The standard InChI is InChI=1S/C18H20F3N3O2/c1-17(2,3)26-16(25)24-10-12-6-11(12)7-14(24)5-4-13-8-23-15(9-22-13)18(19,20)21/h8-9,11-12,14H,6-7,10H2,1-3H3. The molecule has 1 aliphatic carbocycles. The van der Waals surface area contributed by atoms with E-state index in [2.05, 4.69) is 21.8 Å². The second-order valence-corrected chi connectivity index (χ2v) is 7.69. The molecule has 1 aromatic rings. The fourth-order valence-electron chi connectivity index (χ4n) is 2.97. The van der Waals surface area contributed by atoms with Gasteiger partial charge >= 0.3 is 12.3 Å². The number of likely N-dealkylation sites (tertiary alicyclic amines) is 1. The minimum absolute atomic E-state index is 0.139. The van der Waals surface area contributed by atoms with Crippen LogP contribution in [-0.4, -0.2) is 39.1 Å². The van der Waals surface area contributed by atoms with Crippen LogP contribution in [0.2, 0.25) is 0 Å². The largest absolute Gasteiger partial charge is 0.444 e. The van der Waals surface area contributed by atoms with Crippen molar-refractivity contribution in [3.8, 4) is 11.8 Å². The van der Waals surface area contributed by atoms with E-state index in [1.54, 1.807) is 25.7 Å². The Bertz CT molecular complexity index is 744. The Labute approximate surface area is 149 Å². The van der Waals surface area contributed by atoms with Crippen molar-refractivity contribution >= 4 is 6.09 Å². The lowest BCUT2D eigenvalue weighted by Crippen LogP contribution is -2.46. The number of aromatic nitrogens is 2. The highest BCUT2D eigenvalue weighted by Gasteiger charge is 2.47. The van der Waals surface area contributed by atoms with Crippen LogP contribution in [0, 0.1) is 23.7 Å². The first-order valence-corrected chi connectivity index (χ1v) is 8.43. The predicted molar refractivity (Wildman–Crippen MR) is 86.9 cm³/mol. The molecule has 1 aromatic heterocycles. The van der Waals surface area contributed by atoms with E-state index >= 15 is 0 Å². The molecule has 140 valence electrons. The van der Waals surface area contributed by atoms with Gasteiger partial charge < -0.3 is 4.74 Å². The van der Waals surface area contributed by atoms with Crippen LogP contribution in [0.5, 0.6) is 0 Å². The van der Waals surface area contributed by atoms with E-state index in [4.69, 9.17) is 4.74 Å². The van der Waals surface area contributed by atoms with Gasteiger partial charge in [0.25, 0.3) is 0 Å². The van der Waals surface area contributed by atoms with Crippen LogP contribution < -0.4 is 0 Å². The normalized spacial score (nSPS) is 25.0. The maximum Gasteiger partial charge on any atom is 0.434 e. The van der Waals surface area contributed by atoms with Gasteiger partial charge in [0.15, 0.2) is 5.69 Å². The number of hydrogen-bond acceptors (Lipinski definition) is 4. The molecule has 8 heteroatoms. The molecule has 5 nitrogen and oxygen atoms in total. The number of rotatable bonds is 0. The highest BCUT2D eigenvalue weighted by atomic mass is 19.4. The van der Waals surface area contributed by atoms with Crippen molar-refractivity contribution in [3.63, 3.8) is 0 Å². The summed E-state index contributed by atoms with van der Waals surface area (Å²) in [5.74, 6) is 6.74. The van der Waals surface area contributed by atoms with E-state index in [1.807, 2.05) is 0 Å². The van der Waals surface area contributed by atoms with Crippen LogP contribution in [0.3, 0.4) is 0 Å². The van der Waals surface area contributed by atoms with Gasteiger partial charge in [-0.2, -0.15) is 13.2 Å². The Hall–Kier alpha value is -2.30. The van der Waals surface area contributed by atoms with Crippen molar-refractivity contribution < 1.29 is 22.7 Å². The van der Waals surface area contributed by atoms with E-state index in [1.165, 1.54) is 0 Å². The molecule has 1 aliphatic heterocycles. The van der Waals surface area contributed by atoms with E-state index in [9.17, 15) is 18.0 Å². The van der Waals surface area contributed by atoms with E-state index in [-0.39, 0.29) is 11.7 Å². The van der Waals surface area contributed by atoms with Crippen LogP contribution in [0.25, 0.3) is 0 Å². The highest BCUT2D eigenvalue weighted by molar-refractivity contribution is 5.69. The molecule has 3 unspecified atom stereocenters. The van der Waals surface area contributed by atoms with Gasteiger partial charge in [0, 0.05) is 6.54 Å². The Balaban J connectivity index is 1.74. The average Bonchev–Trinajstić information content (AvgIpc) is 3.28. The minimum atomic E-state index is -4.53. The van der Waals surface area contributed by atoms with E-state index < -0.39 is 23.6 Å². The van der Waals surface area contributed by atoms with Crippen LogP contribution in [0.4, 0.5) is 18.0 Å². The molecular formula is C18H20F3N3O2. The molecule has 2 heterocycles. The number of ether oxygens (including phenoxy) is 1. The van der Waals surface area contributed by atoms with Gasteiger partial charge in [0.05, 0.1) is 18.4 Å². The molecular weight excluding hydrogens is 347 g/mol. The molecule has 3 atom stereocenters.